The number of anilines is 1. The van der Waals surface area contributed by atoms with E-state index in [0.717, 1.165) is 25.2 Å². The van der Waals surface area contributed by atoms with Crippen molar-refractivity contribution in [1.29, 1.82) is 0 Å². The summed E-state index contributed by atoms with van der Waals surface area (Å²) in [6.07, 6.45) is 0.855. The SMILES string of the molecule is NCCc1cccc(N2CCNCC2=O)c1. The van der Waals surface area contributed by atoms with Crippen LogP contribution in [0.25, 0.3) is 0 Å². The van der Waals surface area contributed by atoms with Crippen LogP contribution in [-0.2, 0) is 11.2 Å². The first-order chi connectivity index (χ1) is 7.81. The van der Waals surface area contributed by atoms with Crippen molar-refractivity contribution < 1.29 is 4.79 Å². The van der Waals surface area contributed by atoms with Gasteiger partial charge in [0.05, 0.1) is 6.54 Å². The molecule has 0 radical (unpaired) electrons. The van der Waals surface area contributed by atoms with E-state index >= 15 is 0 Å². The summed E-state index contributed by atoms with van der Waals surface area (Å²) in [6.45, 7) is 2.66. The molecule has 86 valence electrons. The van der Waals surface area contributed by atoms with Crippen molar-refractivity contribution >= 4 is 11.6 Å². The van der Waals surface area contributed by atoms with Crippen LogP contribution in [0.3, 0.4) is 0 Å². The van der Waals surface area contributed by atoms with E-state index in [4.69, 9.17) is 5.73 Å². The molecule has 1 aromatic rings. The van der Waals surface area contributed by atoms with Crippen LogP contribution in [0.2, 0.25) is 0 Å². The van der Waals surface area contributed by atoms with E-state index in [1.54, 1.807) is 0 Å². The number of piperazine rings is 1. The Morgan fingerprint density at radius 2 is 2.31 bits per heavy atom. The van der Waals surface area contributed by atoms with Gasteiger partial charge in [0.1, 0.15) is 0 Å². The number of nitrogens with one attached hydrogen (secondary N) is 1. The van der Waals surface area contributed by atoms with Crippen LogP contribution in [0, 0.1) is 0 Å². The zero-order valence-electron chi connectivity index (χ0n) is 9.28. The summed E-state index contributed by atoms with van der Waals surface area (Å²) in [5.74, 6) is 0.135. The molecule has 4 nitrogen and oxygen atoms in total. The minimum atomic E-state index is 0.135. The maximum atomic E-state index is 11.7. The number of amides is 1. The van der Waals surface area contributed by atoms with Gasteiger partial charge in [-0.2, -0.15) is 0 Å². The average molecular weight is 219 g/mol. The predicted octanol–water partition coefficient (Wildman–Crippen LogP) is 0.124. The highest BCUT2D eigenvalue weighted by molar-refractivity contribution is 5.95. The second-order valence-electron chi connectivity index (χ2n) is 3.93. The van der Waals surface area contributed by atoms with Crippen LogP contribution < -0.4 is 16.0 Å². The average Bonchev–Trinajstić information content (AvgIpc) is 2.30. The summed E-state index contributed by atoms with van der Waals surface area (Å²) in [6, 6.07) is 8.05. The zero-order chi connectivity index (χ0) is 11.4. The lowest BCUT2D eigenvalue weighted by atomic mass is 10.1. The third-order valence-corrected chi connectivity index (χ3v) is 2.74. The van der Waals surface area contributed by atoms with Crippen LogP contribution >= 0.6 is 0 Å². The third kappa shape index (κ3) is 2.40. The summed E-state index contributed by atoms with van der Waals surface area (Å²) in [4.78, 5) is 13.5. The summed E-state index contributed by atoms with van der Waals surface area (Å²) < 4.78 is 0. The molecule has 0 spiro atoms. The molecule has 16 heavy (non-hydrogen) atoms. The molecule has 1 aliphatic heterocycles. The van der Waals surface area contributed by atoms with E-state index in [0.29, 0.717) is 13.1 Å². The van der Waals surface area contributed by atoms with Gasteiger partial charge in [0, 0.05) is 18.8 Å². The van der Waals surface area contributed by atoms with Crippen LogP contribution in [0.5, 0.6) is 0 Å². The lowest BCUT2D eigenvalue weighted by Gasteiger charge is -2.27. The molecule has 1 aromatic carbocycles. The van der Waals surface area contributed by atoms with Gasteiger partial charge in [-0.3, -0.25) is 4.79 Å². The maximum absolute atomic E-state index is 11.7. The fraction of sp³-hybridized carbons (Fsp3) is 0.417. The monoisotopic (exact) mass is 219 g/mol. The number of carbonyl (C=O) groups is 1. The normalized spacial score (nSPS) is 16.6. The Balaban J connectivity index is 2.18. The summed E-state index contributed by atoms with van der Waals surface area (Å²) in [7, 11) is 0. The molecule has 1 amide bonds. The first-order valence-electron chi connectivity index (χ1n) is 5.61. The van der Waals surface area contributed by atoms with Crippen LogP contribution in [0.1, 0.15) is 5.56 Å². The highest BCUT2D eigenvalue weighted by atomic mass is 16.2. The van der Waals surface area contributed by atoms with Crippen molar-refractivity contribution in [2.75, 3.05) is 31.1 Å². The number of nitrogens with zero attached hydrogens (tertiary/aromatic N) is 1. The molecule has 1 fully saturated rings. The van der Waals surface area contributed by atoms with E-state index < -0.39 is 0 Å². The Morgan fingerprint density at radius 3 is 3.06 bits per heavy atom. The first kappa shape index (κ1) is 11.1. The largest absolute Gasteiger partial charge is 0.330 e. The molecule has 0 bridgehead atoms. The van der Waals surface area contributed by atoms with Crippen molar-refractivity contribution in [1.82, 2.24) is 5.32 Å². The van der Waals surface area contributed by atoms with Gasteiger partial charge < -0.3 is 16.0 Å². The van der Waals surface area contributed by atoms with Crippen molar-refractivity contribution in [3.05, 3.63) is 29.8 Å². The molecule has 3 N–H and O–H groups in total. The summed E-state index contributed by atoms with van der Waals surface area (Å²) in [5, 5.41) is 3.06. The van der Waals surface area contributed by atoms with E-state index in [1.165, 1.54) is 5.56 Å². The Bertz CT molecular complexity index is 378. The number of benzene rings is 1. The smallest absolute Gasteiger partial charge is 0.240 e. The van der Waals surface area contributed by atoms with Crippen molar-refractivity contribution in [3.8, 4) is 0 Å². The predicted molar refractivity (Wildman–Crippen MR) is 64.4 cm³/mol. The van der Waals surface area contributed by atoms with E-state index in [9.17, 15) is 4.79 Å². The van der Waals surface area contributed by atoms with E-state index in [1.807, 2.05) is 23.1 Å². The van der Waals surface area contributed by atoms with Gasteiger partial charge in [0.25, 0.3) is 0 Å². The summed E-state index contributed by atoms with van der Waals surface area (Å²) >= 11 is 0. The lowest BCUT2D eigenvalue weighted by Crippen LogP contribution is -2.48. The molecule has 1 saturated heterocycles. The van der Waals surface area contributed by atoms with Gasteiger partial charge in [-0.05, 0) is 30.7 Å². The molecule has 0 unspecified atom stereocenters. The fourth-order valence-electron chi connectivity index (χ4n) is 1.93. The highest BCUT2D eigenvalue weighted by Gasteiger charge is 2.18. The van der Waals surface area contributed by atoms with Crippen LogP contribution in [0.4, 0.5) is 5.69 Å². The van der Waals surface area contributed by atoms with Gasteiger partial charge in [-0.15, -0.1) is 0 Å². The number of nitrogens with two attached hydrogens (primary N) is 1. The Morgan fingerprint density at radius 1 is 1.44 bits per heavy atom. The van der Waals surface area contributed by atoms with E-state index in [2.05, 4.69) is 11.4 Å². The lowest BCUT2D eigenvalue weighted by molar-refractivity contribution is -0.118. The van der Waals surface area contributed by atoms with Gasteiger partial charge >= 0.3 is 0 Å². The van der Waals surface area contributed by atoms with Gasteiger partial charge in [-0.1, -0.05) is 12.1 Å². The minimum absolute atomic E-state index is 0.135. The molecule has 0 aromatic heterocycles. The van der Waals surface area contributed by atoms with Crippen LogP contribution in [0.15, 0.2) is 24.3 Å². The zero-order valence-corrected chi connectivity index (χ0v) is 9.28. The number of hydrogen-bond acceptors (Lipinski definition) is 3. The Kier molecular flexibility index (Phi) is 3.54. The fourth-order valence-corrected chi connectivity index (χ4v) is 1.93. The Labute approximate surface area is 95.4 Å². The molecular weight excluding hydrogens is 202 g/mol. The number of hydrogen-bond donors (Lipinski definition) is 2. The van der Waals surface area contributed by atoms with Crippen LogP contribution in [-0.4, -0.2) is 32.1 Å². The standard InChI is InChI=1S/C12H17N3O/c13-5-4-10-2-1-3-11(8-10)15-7-6-14-9-12(15)16/h1-3,8,14H,4-7,9,13H2. The maximum Gasteiger partial charge on any atom is 0.240 e. The molecule has 0 atom stereocenters. The van der Waals surface area contributed by atoms with Crippen molar-refractivity contribution in [2.45, 2.75) is 6.42 Å². The molecule has 0 aliphatic carbocycles. The quantitative estimate of drug-likeness (QED) is 0.759. The first-order valence-corrected chi connectivity index (χ1v) is 5.61. The molecule has 4 heteroatoms. The second kappa shape index (κ2) is 5.09. The molecule has 2 rings (SSSR count). The van der Waals surface area contributed by atoms with Crippen molar-refractivity contribution in [2.24, 2.45) is 5.73 Å². The highest BCUT2D eigenvalue weighted by Crippen LogP contribution is 2.17. The van der Waals surface area contributed by atoms with E-state index in [-0.39, 0.29) is 5.91 Å². The Hall–Kier alpha value is -1.39. The third-order valence-electron chi connectivity index (χ3n) is 2.74. The molecule has 0 saturated carbocycles. The van der Waals surface area contributed by atoms with Crippen molar-refractivity contribution in [3.63, 3.8) is 0 Å². The summed E-state index contributed by atoms with van der Waals surface area (Å²) in [5.41, 5.74) is 7.70. The minimum Gasteiger partial charge on any atom is -0.330 e. The topological polar surface area (TPSA) is 58.4 Å². The van der Waals surface area contributed by atoms with Gasteiger partial charge in [0.15, 0.2) is 0 Å². The number of carbonyl (C=O) groups excluding carboxylic acids is 1. The molecular formula is C12H17N3O. The molecule has 1 aliphatic rings. The second-order valence-corrected chi connectivity index (χ2v) is 3.93. The number of rotatable bonds is 3. The van der Waals surface area contributed by atoms with Gasteiger partial charge in [0.2, 0.25) is 5.91 Å². The molecule has 1 heterocycles. The van der Waals surface area contributed by atoms with Gasteiger partial charge in [-0.25, -0.2) is 0 Å².